The summed E-state index contributed by atoms with van der Waals surface area (Å²) in [6.45, 7) is 5.29. The zero-order valence-electron chi connectivity index (χ0n) is 15.6. The lowest BCUT2D eigenvalue weighted by atomic mass is 10.0. The van der Waals surface area contributed by atoms with E-state index in [1.165, 1.54) is 0 Å². The largest absolute Gasteiger partial charge is 0.497 e. The minimum atomic E-state index is -0.786. The van der Waals surface area contributed by atoms with Crippen molar-refractivity contribution in [1.29, 1.82) is 0 Å². The average molecular weight is 363 g/mol. The molecule has 0 spiro atoms. The molecule has 1 aromatic carbocycles. The number of carbonyl (C=O) groups is 2. The van der Waals surface area contributed by atoms with E-state index in [0.717, 1.165) is 43.8 Å². The molecule has 2 rings (SSSR count). The van der Waals surface area contributed by atoms with E-state index in [9.17, 15) is 9.59 Å². The first-order chi connectivity index (χ1) is 12.5. The molecule has 0 bridgehead atoms. The van der Waals surface area contributed by atoms with Crippen LogP contribution in [0.15, 0.2) is 24.3 Å². The molecule has 0 radical (unpaired) electrons. The van der Waals surface area contributed by atoms with Crippen LogP contribution >= 0.6 is 0 Å². The van der Waals surface area contributed by atoms with Crippen LogP contribution in [0.2, 0.25) is 0 Å². The Morgan fingerprint density at radius 3 is 2.69 bits per heavy atom. The minimum Gasteiger partial charge on any atom is -0.497 e. The quantitative estimate of drug-likeness (QED) is 0.686. The zero-order valence-corrected chi connectivity index (χ0v) is 15.6. The molecule has 1 amide bonds. The first-order valence-electron chi connectivity index (χ1n) is 9.09. The molecule has 1 heterocycles. The van der Waals surface area contributed by atoms with Crippen molar-refractivity contribution in [3.8, 4) is 5.75 Å². The summed E-state index contributed by atoms with van der Waals surface area (Å²) in [5.41, 5.74) is 1.00. The fraction of sp³-hybridized carbons (Fsp3) is 0.579. The Bertz CT molecular complexity index is 600. The van der Waals surface area contributed by atoms with Crippen LogP contribution < -0.4 is 10.1 Å². The third kappa shape index (κ3) is 6.31. The molecule has 2 N–H and O–H groups in total. The zero-order chi connectivity index (χ0) is 18.9. The smallest absolute Gasteiger partial charge is 0.317 e. The Balaban J connectivity index is 1.72. The molecule has 1 saturated heterocycles. The van der Waals surface area contributed by atoms with E-state index in [4.69, 9.17) is 9.84 Å². The van der Waals surface area contributed by atoms with Gasteiger partial charge in [-0.2, -0.15) is 0 Å². The van der Waals surface area contributed by atoms with Gasteiger partial charge in [0.05, 0.1) is 20.2 Å². The van der Waals surface area contributed by atoms with Crippen LogP contribution in [0.3, 0.4) is 0 Å². The second-order valence-corrected chi connectivity index (χ2v) is 6.59. The van der Waals surface area contributed by atoms with Crippen LogP contribution in [0.5, 0.6) is 5.75 Å². The van der Waals surface area contributed by atoms with Crippen molar-refractivity contribution in [2.24, 2.45) is 0 Å². The number of amides is 1. The average Bonchev–Trinajstić information content (AvgIpc) is 2.65. The van der Waals surface area contributed by atoms with Gasteiger partial charge in [-0.1, -0.05) is 19.1 Å². The number of hydrogen-bond acceptors (Lipinski definition) is 5. The van der Waals surface area contributed by atoms with E-state index in [1.54, 1.807) is 7.11 Å². The molecule has 1 fully saturated rings. The lowest BCUT2D eigenvalue weighted by Crippen LogP contribution is -2.48. The second kappa shape index (κ2) is 10.1. The Kier molecular flexibility index (Phi) is 7.87. The predicted molar refractivity (Wildman–Crippen MR) is 99.2 cm³/mol. The van der Waals surface area contributed by atoms with E-state index in [0.29, 0.717) is 13.1 Å². The van der Waals surface area contributed by atoms with Crippen LogP contribution in [0.1, 0.15) is 25.3 Å². The number of aliphatic carboxylic acids is 1. The highest BCUT2D eigenvalue weighted by atomic mass is 16.5. The van der Waals surface area contributed by atoms with Crippen molar-refractivity contribution in [3.05, 3.63) is 29.8 Å². The lowest BCUT2D eigenvalue weighted by Gasteiger charge is -2.37. The van der Waals surface area contributed by atoms with Gasteiger partial charge in [0.15, 0.2) is 0 Å². The van der Waals surface area contributed by atoms with E-state index in [1.807, 2.05) is 36.1 Å². The van der Waals surface area contributed by atoms with Crippen LogP contribution in [0.4, 0.5) is 0 Å². The molecule has 0 aliphatic carbocycles. The van der Waals surface area contributed by atoms with Crippen LogP contribution in [0.25, 0.3) is 0 Å². The molecule has 0 atom stereocenters. The van der Waals surface area contributed by atoms with Gasteiger partial charge in [0.1, 0.15) is 5.75 Å². The Morgan fingerprint density at radius 1 is 1.35 bits per heavy atom. The van der Waals surface area contributed by atoms with E-state index < -0.39 is 5.97 Å². The van der Waals surface area contributed by atoms with Gasteiger partial charge in [-0.3, -0.25) is 19.4 Å². The first-order valence-corrected chi connectivity index (χ1v) is 9.09. The number of ether oxygens (including phenoxy) is 1. The number of nitrogens with one attached hydrogen (secondary N) is 1. The number of likely N-dealkylation sites (N-methyl/N-ethyl adjacent to an activating group) is 1. The molecular formula is C19H29N3O4. The second-order valence-electron chi connectivity index (χ2n) is 6.59. The van der Waals surface area contributed by atoms with Gasteiger partial charge in [-0.25, -0.2) is 0 Å². The third-order valence-electron chi connectivity index (χ3n) is 4.81. The fourth-order valence-corrected chi connectivity index (χ4v) is 3.36. The van der Waals surface area contributed by atoms with E-state index in [2.05, 4.69) is 10.2 Å². The van der Waals surface area contributed by atoms with Crippen molar-refractivity contribution >= 4 is 11.9 Å². The Morgan fingerprint density at radius 2 is 2.08 bits per heavy atom. The summed E-state index contributed by atoms with van der Waals surface area (Å²) < 4.78 is 5.18. The summed E-state index contributed by atoms with van der Waals surface area (Å²) in [4.78, 5) is 27.3. The SMILES string of the molecule is CCN(CC(=O)O)C1CCN(CC(=O)NCc2cccc(OC)c2)CC1. The van der Waals surface area contributed by atoms with Crippen LogP contribution in [-0.4, -0.2) is 72.7 Å². The van der Waals surface area contributed by atoms with Gasteiger partial charge in [-0.05, 0) is 37.1 Å². The van der Waals surface area contributed by atoms with Crippen molar-refractivity contribution < 1.29 is 19.4 Å². The van der Waals surface area contributed by atoms with Crippen molar-refractivity contribution in [3.63, 3.8) is 0 Å². The molecule has 0 saturated carbocycles. The van der Waals surface area contributed by atoms with Crippen molar-refractivity contribution in [2.45, 2.75) is 32.4 Å². The van der Waals surface area contributed by atoms with Crippen LogP contribution in [0, 0.1) is 0 Å². The maximum Gasteiger partial charge on any atom is 0.317 e. The number of carbonyl (C=O) groups excluding carboxylic acids is 1. The van der Waals surface area contributed by atoms with Gasteiger partial charge >= 0.3 is 5.97 Å². The number of likely N-dealkylation sites (tertiary alicyclic amines) is 1. The van der Waals surface area contributed by atoms with E-state index >= 15 is 0 Å². The number of nitrogens with zero attached hydrogens (tertiary/aromatic N) is 2. The van der Waals surface area contributed by atoms with Crippen molar-refractivity contribution in [2.75, 3.05) is 39.8 Å². The molecule has 0 aromatic heterocycles. The van der Waals surface area contributed by atoms with Crippen molar-refractivity contribution in [1.82, 2.24) is 15.1 Å². The maximum absolute atomic E-state index is 12.2. The number of methoxy groups -OCH3 is 1. The monoisotopic (exact) mass is 363 g/mol. The fourth-order valence-electron chi connectivity index (χ4n) is 3.36. The van der Waals surface area contributed by atoms with E-state index in [-0.39, 0.29) is 18.5 Å². The molecule has 1 aliphatic heterocycles. The Labute approximate surface area is 154 Å². The summed E-state index contributed by atoms with van der Waals surface area (Å²) in [5.74, 6) is -0.00369. The van der Waals surface area contributed by atoms with Gasteiger partial charge in [0.25, 0.3) is 0 Å². The summed E-state index contributed by atoms with van der Waals surface area (Å²) in [6, 6.07) is 7.93. The van der Waals surface area contributed by atoms with Gasteiger partial charge in [-0.15, -0.1) is 0 Å². The highest BCUT2D eigenvalue weighted by Crippen LogP contribution is 2.16. The highest BCUT2D eigenvalue weighted by molar-refractivity contribution is 5.78. The number of hydrogen-bond donors (Lipinski definition) is 2. The summed E-state index contributed by atoms with van der Waals surface area (Å²) in [6.07, 6.45) is 1.79. The molecule has 7 nitrogen and oxygen atoms in total. The van der Waals surface area contributed by atoms with Gasteiger partial charge in [0.2, 0.25) is 5.91 Å². The number of carboxylic acids is 1. The molecule has 1 aliphatic rings. The number of carboxylic acid groups (broad SMARTS) is 1. The van der Waals surface area contributed by atoms with Gasteiger partial charge < -0.3 is 15.2 Å². The number of rotatable bonds is 9. The number of benzene rings is 1. The molecule has 0 unspecified atom stereocenters. The summed E-state index contributed by atoms with van der Waals surface area (Å²) in [7, 11) is 1.62. The molecule has 26 heavy (non-hydrogen) atoms. The predicted octanol–water partition coefficient (Wildman–Crippen LogP) is 1.18. The standard InChI is InChI=1S/C19H29N3O4/c1-3-22(14-19(24)25)16-7-9-21(10-8-16)13-18(23)20-12-15-5-4-6-17(11-15)26-2/h4-6,11,16H,3,7-10,12-14H2,1-2H3,(H,20,23)(H,24,25). The maximum atomic E-state index is 12.2. The molecule has 7 heteroatoms. The number of piperidine rings is 1. The van der Waals surface area contributed by atoms with Gasteiger partial charge in [0, 0.05) is 25.7 Å². The summed E-state index contributed by atoms with van der Waals surface area (Å²) in [5, 5.41) is 11.9. The molecular weight excluding hydrogens is 334 g/mol. The lowest BCUT2D eigenvalue weighted by molar-refractivity contribution is -0.139. The normalized spacial score (nSPS) is 15.8. The molecule has 144 valence electrons. The minimum absolute atomic E-state index is 0.00385. The molecule has 1 aromatic rings. The first kappa shape index (κ1) is 20.2. The third-order valence-corrected chi connectivity index (χ3v) is 4.81. The highest BCUT2D eigenvalue weighted by Gasteiger charge is 2.25. The summed E-state index contributed by atoms with van der Waals surface area (Å²) >= 11 is 0. The Hall–Kier alpha value is -2.12. The van der Waals surface area contributed by atoms with Crippen LogP contribution in [-0.2, 0) is 16.1 Å². The topological polar surface area (TPSA) is 82.1 Å².